The number of nitrogens with two attached hydrogens (primary N) is 1. The summed E-state index contributed by atoms with van der Waals surface area (Å²) in [5, 5.41) is 11.3. The van der Waals surface area contributed by atoms with E-state index in [9.17, 15) is 57.5 Å². The summed E-state index contributed by atoms with van der Waals surface area (Å²) in [6, 6.07) is 23.7. The number of fused-ring (bicyclic) bond motifs is 3. The minimum absolute atomic E-state index is 0.0674. The highest BCUT2D eigenvalue weighted by atomic mass is 31.2. The number of nitrogens with zero attached hydrogens (tertiary/aromatic N) is 5. The number of aromatic amines is 1. The Hall–Kier alpha value is -8.57. The summed E-state index contributed by atoms with van der Waals surface area (Å²) in [6.07, 6.45) is 3.10. The maximum Gasteiger partial charge on any atom is 0.396 e. The van der Waals surface area contributed by atoms with Gasteiger partial charge in [0.25, 0.3) is 11.4 Å². The summed E-state index contributed by atoms with van der Waals surface area (Å²) >= 11 is 0. The monoisotopic (exact) mass is 1180 g/mol. The minimum Gasteiger partial charge on any atom is -0.370 e. The van der Waals surface area contributed by atoms with Gasteiger partial charge >= 0.3 is 13.3 Å². The number of primary amides is 1. The van der Waals surface area contributed by atoms with E-state index >= 15 is 4.79 Å². The van der Waals surface area contributed by atoms with Gasteiger partial charge in [-0.3, -0.25) is 62.2 Å². The van der Waals surface area contributed by atoms with Crippen LogP contribution in [0.25, 0.3) is 21.9 Å². The molecule has 4 aliphatic rings. The van der Waals surface area contributed by atoms with Crippen molar-refractivity contribution in [2.75, 3.05) is 32.7 Å². The Labute approximate surface area is 488 Å². The van der Waals surface area contributed by atoms with Gasteiger partial charge in [-0.1, -0.05) is 66.7 Å². The lowest BCUT2D eigenvalue weighted by molar-refractivity contribution is -0.145. The molecule has 4 saturated heterocycles. The number of imide groups is 1. The van der Waals surface area contributed by atoms with Gasteiger partial charge in [-0.25, -0.2) is 4.79 Å². The molecule has 0 bridgehead atoms. The van der Waals surface area contributed by atoms with Crippen molar-refractivity contribution >= 4 is 82.3 Å². The standard InChI is InChI=1S/C60H68N11O13P/c1-67-49-33-38(15-19-46(49)71(60(67)81)48-21-23-51(73)65-57(48)78)35-24-28-68(29-25-35)27-8-13-52(74)69-30-26-41-16-20-47(56(77)63-43(18-22-50(61)72)54(75)66-53(36-9-4-2-5-10-36)37-11-6-3-7-12-37)70(41)58(79)45(34-69)64-55(76)44-32-40-31-39(14-17-42(40)62-44)59(80)85(82,83)84/h2-7,9-12,14-15,17,19,31-33,35,41,43,45,47-48,53,62H,8,13,16,18,20-30,34H2,1H3,(H2,61,72)(H,63,77)(H,64,76)(H,66,75)(H,65,73,78)(H2,82,83,84)/t41-,43+,45+,47+,48?/m1/s1. The first-order valence-corrected chi connectivity index (χ1v) is 30.2. The fourth-order valence-corrected chi connectivity index (χ4v) is 12.9. The Morgan fingerprint density at radius 3 is 2.15 bits per heavy atom. The van der Waals surface area contributed by atoms with Gasteiger partial charge in [-0.2, -0.15) is 0 Å². The molecule has 0 aliphatic carbocycles. The van der Waals surface area contributed by atoms with Crippen molar-refractivity contribution in [1.82, 2.24) is 50.1 Å². The maximum absolute atomic E-state index is 15.1. The zero-order chi connectivity index (χ0) is 60.3. The van der Waals surface area contributed by atoms with Crippen LogP contribution in [0.15, 0.2) is 108 Å². The second kappa shape index (κ2) is 25.3. The van der Waals surface area contributed by atoms with Crippen molar-refractivity contribution in [2.45, 2.75) is 113 Å². The number of amides is 8. The van der Waals surface area contributed by atoms with Crippen molar-refractivity contribution in [3.63, 3.8) is 0 Å². The fourth-order valence-electron chi connectivity index (χ4n) is 12.4. The first-order valence-electron chi connectivity index (χ1n) is 28.6. The molecule has 6 heterocycles. The van der Waals surface area contributed by atoms with Crippen LogP contribution in [0, 0.1) is 0 Å². The average molecular weight is 1180 g/mol. The van der Waals surface area contributed by atoms with Crippen molar-refractivity contribution < 1.29 is 57.5 Å². The van der Waals surface area contributed by atoms with E-state index in [2.05, 4.69) is 31.2 Å². The minimum atomic E-state index is -5.13. The van der Waals surface area contributed by atoms with Crippen LogP contribution in [0.1, 0.15) is 126 Å². The van der Waals surface area contributed by atoms with E-state index in [1.165, 1.54) is 38.3 Å². The van der Waals surface area contributed by atoms with Crippen LogP contribution in [-0.4, -0.2) is 148 Å². The van der Waals surface area contributed by atoms with Gasteiger partial charge in [0.1, 0.15) is 29.9 Å². The lowest BCUT2D eigenvalue weighted by Crippen LogP contribution is -2.62. The Bertz CT molecular complexity index is 3660. The van der Waals surface area contributed by atoms with E-state index in [0.717, 1.165) is 42.6 Å². The molecule has 0 spiro atoms. The van der Waals surface area contributed by atoms with Crippen molar-refractivity contribution in [2.24, 2.45) is 12.8 Å². The number of H-pyrrole nitrogens is 1. The molecule has 10 rings (SSSR count). The number of aryl methyl sites for hydroxylation is 1. The molecule has 8 amide bonds. The van der Waals surface area contributed by atoms with E-state index in [0.29, 0.717) is 42.4 Å². The molecule has 4 aromatic carbocycles. The zero-order valence-electron chi connectivity index (χ0n) is 46.8. The third-order valence-corrected chi connectivity index (χ3v) is 17.7. The highest BCUT2D eigenvalue weighted by molar-refractivity contribution is 7.70. The average Bonchev–Trinajstić information content (AvgIpc) is 2.34. The first kappa shape index (κ1) is 59.6. The van der Waals surface area contributed by atoms with E-state index in [1.807, 2.05) is 78.9 Å². The van der Waals surface area contributed by atoms with Crippen molar-refractivity contribution in [1.29, 1.82) is 0 Å². The molecule has 25 heteroatoms. The number of rotatable bonds is 19. The van der Waals surface area contributed by atoms with Crippen LogP contribution in [-0.2, 0) is 45.2 Å². The summed E-state index contributed by atoms with van der Waals surface area (Å²) in [7, 11) is -3.46. The Kier molecular flexibility index (Phi) is 17.8. The molecule has 4 aliphatic heterocycles. The topological polar surface area (TPSA) is 338 Å². The number of carbonyl (C=O) groups excluding carboxylic acids is 9. The highest BCUT2D eigenvalue weighted by Crippen LogP contribution is 2.40. The number of nitrogens with one attached hydrogen (secondary N) is 5. The third-order valence-electron chi connectivity index (χ3n) is 17.0. The maximum atomic E-state index is 15.1. The molecule has 2 aromatic heterocycles. The second-order valence-corrected chi connectivity index (χ2v) is 24.0. The lowest BCUT2D eigenvalue weighted by Gasteiger charge is -2.39. The fraction of sp³-hybridized carbons (Fsp3) is 0.400. The summed E-state index contributed by atoms with van der Waals surface area (Å²) in [5.74, 6) is -4.28. The molecule has 6 aromatic rings. The summed E-state index contributed by atoms with van der Waals surface area (Å²) in [6.45, 7) is 2.03. The quantitative estimate of drug-likeness (QED) is 0.0427. The molecular formula is C60H68N11O13P. The normalized spacial score (nSPS) is 20.2. The number of hydrogen-bond donors (Lipinski definition) is 8. The highest BCUT2D eigenvalue weighted by Gasteiger charge is 2.46. The molecule has 9 N–H and O–H groups in total. The van der Waals surface area contributed by atoms with Gasteiger partial charge in [-0.15, -0.1) is 0 Å². The van der Waals surface area contributed by atoms with Crippen LogP contribution in [0.5, 0.6) is 0 Å². The second-order valence-electron chi connectivity index (χ2n) is 22.5. The Morgan fingerprint density at radius 1 is 0.776 bits per heavy atom. The SMILES string of the molecule is Cn1c(=O)n(C2CCC(=O)NC2=O)c2ccc(C3CCN(CCCC(=O)N4CC[C@H]5CC[C@@H](C(=O)N[C@@H](CCC(N)=O)C(=O)NC(c6ccccc6)c6ccccc6)N5C(=O)[C@@H](NC(=O)c5cc6cc(C(=O)P(=O)(O)O)ccc6[nH]5)C4)CC3)cc21. The van der Waals surface area contributed by atoms with Gasteiger partial charge in [0.05, 0.1) is 17.1 Å². The van der Waals surface area contributed by atoms with E-state index < -0.39 is 84.8 Å². The Morgan fingerprint density at radius 2 is 1.48 bits per heavy atom. The molecule has 0 saturated carbocycles. The van der Waals surface area contributed by atoms with Gasteiger partial charge in [-0.05, 0) is 130 Å². The predicted octanol–water partition coefficient (Wildman–Crippen LogP) is 3.12. The van der Waals surface area contributed by atoms with E-state index in [-0.39, 0.29) is 91.7 Å². The molecule has 4 fully saturated rings. The molecule has 1 unspecified atom stereocenters. The predicted molar refractivity (Wildman–Crippen MR) is 310 cm³/mol. The summed E-state index contributed by atoms with van der Waals surface area (Å²) < 4.78 is 14.8. The van der Waals surface area contributed by atoms with Crippen LogP contribution in [0.4, 0.5) is 0 Å². The number of carbonyl (C=O) groups is 9. The number of likely N-dealkylation sites (tertiary alicyclic amines) is 1. The molecule has 5 atom stereocenters. The largest absolute Gasteiger partial charge is 0.396 e. The molecule has 24 nitrogen and oxygen atoms in total. The smallest absolute Gasteiger partial charge is 0.370 e. The summed E-state index contributed by atoms with van der Waals surface area (Å²) in [5.41, 5.74) is 7.73. The number of hydrogen-bond acceptors (Lipinski definition) is 12. The summed E-state index contributed by atoms with van der Waals surface area (Å²) in [4.78, 5) is 162. The molecule has 446 valence electrons. The third kappa shape index (κ3) is 13.2. The Balaban J connectivity index is 0.824. The van der Waals surface area contributed by atoms with E-state index in [4.69, 9.17) is 5.73 Å². The number of aromatic nitrogens is 3. The van der Waals surface area contributed by atoms with Crippen molar-refractivity contribution in [3.05, 3.63) is 142 Å². The van der Waals surface area contributed by atoms with Gasteiger partial charge in [0, 0.05) is 61.9 Å². The van der Waals surface area contributed by atoms with Crippen LogP contribution < -0.4 is 32.7 Å². The van der Waals surface area contributed by atoms with Gasteiger partial charge in [0.2, 0.25) is 41.4 Å². The molecular weight excluding hydrogens is 1110 g/mol. The van der Waals surface area contributed by atoms with Gasteiger partial charge in [0.15, 0.2) is 0 Å². The first-order chi connectivity index (χ1) is 40.7. The number of piperidine rings is 2. The molecule has 0 radical (unpaired) electrons. The number of imidazole rings is 1. The van der Waals surface area contributed by atoms with Gasteiger partial charge < -0.3 is 51.2 Å². The van der Waals surface area contributed by atoms with E-state index in [1.54, 1.807) is 11.9 Å². The molecule has 85 heavy (non-hydrogen) atoms. The van der Waals surface area contributed by atoms with Crippen LogP contribution in [0.3, 0.4) is 0 Å². The number of benzene rings is 4. The van der Waals surface area contributed by atoms with Crippen LogP contribution >= 0.6 is 7.60 Å². The van der Waals surface area contributed by atoms with Crippen molar-refractivity contribution in [3.8, 4) is 0 Å². The zero-order valence-corrected chi connectivity index (χ0v) is 47.7. The lowest BCUT2D eigenvalue weighted by atomic mass is 9.89. The van der Waals surface area contributed by atoms with Crippen LogP contribution in [0.2, 0.25) is 0 Å².